The van der Waals surface area contributed by atoms with Gasteiger partial charge in [0.05, 0.1) is 6.61 Å². The fourth-order valence-corrected chi connectivity index (χ4v) is 2.37. The molecule has 0 bridgehead atoms. The van der Waals surface area contributed by atoms with Crippen molar-refractivity contribution in [3.63, 3.8) is 0 Å². The lowest BCUT2D eigenvalue weighted by Crippen LogP contribution is -2.18. The molecule has 16 heavy (non-hydrogen) atoms. The van der Waals surface area contributed by atoms with Crippen molar-refractivity contribution in [2.24, 2.45) is 5.90 Å². The number of aromatic nitrogens is 1. The summed E-state index contributed by atoms with van der Waals surface area (Å²) in [5, 5.41) is 1.91. The minimum absolute atomic E-state index is 0.111. The predicted octanol–water partition coefficient (Wildman–Crippen LogP) is 2.74. The van der Waals surface area contributed by atoms with Gasteiger partial charge in [0, 0.05) is 27.0 Å². The Morgan fingerprint density at radius 1 is 1.38 bits per heavy atom. The largest absolute Gasteiger partial charge is 0.358 e. The van der Waals surface area contributed by atoms with Crippen molar-refractivity contribution in [1.29, 1.82) is 0 Å². The van der Waals surface area contributed by atoms with Crippen LogP contribution in [0.1, 0.15) is 18.5 Å². The molecule has 1 aliphatic rings. The van der Waals surface area contributed by atoms with E-state index in [1.54, 1.807) is 0 Å². The summed E-state index contributed by atoms with van der Waals surface area (Å²) >= 11 is 5.96. The fourth-order valence-electron chi connectivity index (χ4n) is 2.19. The summed E-state index contributed by atoms with van der Waals surface area (Å²) in [6.07, 6.45) is 2.26. The quantitative estimate of drug-likeness (QED) is 0.806. The molecule has 2 aromatic rings. The van der Waals surface area contributed by atoms with Crippen LogP contribution in [0, 0.1) is 0 Å². The van der Waals surface area contributed by atoms with Crippen molar-refractivity contribution in [3.8, 4) is 0 Å². The Morgan fingerprint density at radius 2 is 2.19 bits per heavy atom. The van der Waals surface area contributed by atoms with Crippen LogP contribution in [0.4, 0.5) is 0 Å². The Bertz CT molecular complexity index is 531. The van der Waals surface area contributed by atoms with Gasteiger partial charge in [-0.05, 0) is 37.1 Å². The molecule has 0 atom stereocenters. The van der Waals surface area contributed by atoms with Gasteiger partial charge in [0.1, 0.15) is 0 Å². The zero-order valence-corrected chi connectivity index (χ0v) is 9.55. The van der Waals surface area contributed by atoms with Crippen LogP contribution < -0.4 is 5.90 Å². The molecule has 0 aliphatic heterocycles. The first-order chi connectivity index (χ1) is 7.73. The Kier molecular flexibility index (Phi) is 2.21. The molecule has 4 heteroatoms. The van der Waals surface area contributed by atoms with Crippen molar-refractivity contribution >= 4 is 22.5 Å². The standard InChI is InChI=1S/C12H13ClN2O/c13-9-1-2-10-8(5-9)6-11(15-10)12(3-4-12)7-16-14/h1-2,5-6,15H,3-4,7,14H2. The number of H-pyrrole nitrogens is 1. The molecule has 3 nitrogen and oxygen atoms in total. The first kappa shape index (κ1) is 10.1. The summed E-state index contributed by atoms with van der Waals surface area (Å²) in [6.45, 7) is 0.577. The maximum atomic E-state index is 5.96. The Morgan fingerprint density at radius 3 is 2.88 bits per heavy atom. The van der Waals surface area contributed by atoms with Gasteiger partial charge in [-0.3, -0.25) is 0 Å². The number of halogens is 1. The molecule has 1 aromatic heterocycles. The van der Waals surface area contributed by atoms with Gasteiger partial charge in [0.2, 0.25) is 0 Å². The highest BCUT2D eigenvalue weighted by Gasteiger charge is 2.45. The van der Waals surface area contributed by atoms with E-state index in [4.69, 9.17) is 22.3 Å². The monoisotopic (exact) mass is 236 g/mol. The van der Waals surface area contributed by atoms with Gasteiger partial charge < -0.3 is 9.82 Å². The van der Waals surface area contributed by atoms with Crippen molar-refractivity contribution in [2.45, 2.75) is 18.3 Å². The van der Waals surface area contributed by atoms with E-state index >= 15 is 0 Å². The van der Waals surface area contributed by atoms with Crippen molar-refractivity contribution in [2.75, 3.05) is 6.61 Å². The molecule has 1 aromatic carbocycles. The number of hydrogen-bond donors (Lipinski definition) is 2. The van der Waals surface area contributed by atoms with Gasteiger partial charge in [0.25, 0.3) is 0 Å². The molecule has 0 radical (unpaired) electrons. The van der Waals surface area contributed by atoms with E-state index in [9.17, 15) is 0 Å². The van der Waals surface area contributed by atoms with Gasteiger partial charge in [-0.1, -0.05) is 11.6 Å². The third-order valence-corrected chi connectivity index (χ3v) is 3.60. The van der Waals surface area contributed by atoms with Crippen LogP contribution in [0.3, 0.4) is 0 Å². The maximum Gasteiger partial charge on any atom is 0.0790 e. The second kappa shape index (κ2) is 3.48. The third-order valence-electron chi connectivity index (χ3n) is 3.37. The number of nitrogens with one attached hydrogen (secondary N) is 1. The van der Waals surface area contributed by atoms with Crippen LogP contribution in [0.2, 0.25) is 5.02 Å². The summed E-state index contributed by atoms with van der Waals surface area (Å²) in [5.41, 5.74) is 2.43. The number of benzene rings is 1. The van der Waals surface area contributed by atoms with E-state index in [1.807, 2.05) is 18.2 Å². The summed E-state index contributed by atoms with van der Waals surface area (Å²) in [6, 6.07) is 8.01. The Hall–Kier alpha value is -1.03. The molecule has 84 valence electrons. The highest BCUT2D eigenvalue weighted by Crippen LogP contribution is 2.48. The highest BCUT2D eigenvalue weighted by molar-refractivity contribution is 6.31. The van der Waals surface area contributed by atoms with Gasteiger partial charge >= 0.3 is 0 Å². The van der Waals surface area contributed by atoms with Crippen LogP contribution in [0.15, 0.2) is 24.3 Å². The minimum Gasteiger partial charge on any atom is -0.358 e. The maximum absolute atomic E-state index is 5.96. The third kappa shape index (κ3) is 1.52. The first-order valence-corrected chi connectivity index (χ1v) is 5.72. The topological polar surface area (TPSA) is 51.0 Å². The number of rotatable bonds is 3. The normalized spacial score (nSPS) is 17.9. The van der Waals surface area contributed by atoms with Gasteiger partial charge in [0.15, 0.2) is 0 Å². The molecule has 0 saturated heterocycles. The van der Waals surface area contributed by atoms with E-state index in [2.05, 4.69) is 11.1 Å². The molecule has 1 heterocycles. The lowest BCUT2D eigenvalue weighted by Gasteiger charge is -2.10. The van der Waals surface area contributed by atoms with Crippen molar-refractivity contribution < 1.29 is 4.84 Å². The van der Waals surface area contributed by atoms with E-state index in [0.717, 1.165) is 28.8 Å². The van der Waals surface area contributed by atoms with Crippen LogP contribution in [0.25, 0.3) is 10.9 Å². The van der Waals surface area contributed by atoms with Crippen LogP contribution in [-0.4, -0.2) is 11.6 Å². The van der Waals surface area contributed by atoms with Crippen molar-refractivity contribution in [3.05, 3.63) is 35.0 Å². The molecular formula is C12H13ClN2O. The number of fused-ring (bicyclic) bond motifs is 1. The zero-order valence-electron chi connectivity index (χ0n) is 8.79. The zero-order chi connectivity index (χ0) is 11.2. The van der Waals surface area contributed by atoms with Crippen molar-refractivity contribution in [1.82, 2.24) is 4.98 Å². The van der Waals surface area contributed by atoms with Crippen LogP contribution in [0.5, 0.6) is 0 Å². The predicted molar refractivity (Wildman–Crippen MR) is 64.4 cm³/mol. The Balaban J connectivity index is 2.05. The smallest absolute Gasteiger partial charge is 0.0790 e. The number of hydrogen-bond acceptors (Lipinski definition) is 2. The molecular weight excluding hydrogens is 224 g/mol. The number of aromatic amines is 1. The van der Waals surface area contributed by atoms with Gasteiger partial charge in [-0.15, -0.1) is 0 Å². The molecule has 0 amide bonds. The second-order valence-electron chi connectivity index (χ2n) is 4.51. The highest BCUT2D eigenvalue weighted by atomic mass is 35.5. The van der Waals surface area contributed by atoms with E-state index < -0.39 is 0 Å². The molecule has 1 aliphatic carbocycles. The Labute approximate surface area is 98.5 Å². The van der Waals surface area contributed by atoms with Crippen LogP contribution in [-0.2, 0) is 10.3 Å². The fraction of sp³-hybridized carbons (Fsp3) is 0.333. The minimum atomic E-state index is 0.111. The molecule has 1 saturated carbocycles. The first-order valence-electron chi connectivity index (χ1n) is 5.34. The lowest BCUT2D eigenvalue weighted by atomic mass is 10.0. The summed E-state index contributed by atoms with van der Waals surface area (Å²) in [4.78, 5) is 8.21. The number of nitrogens with two attached hydrogens (primary N) is 1. The average Bonchev–Trinajstić information content (AvgIpc) is 2.91. The molecule has 0 spiro atoms. The van der Waals surface area contributed by atoms with E-state index in [1.165, 1.54) is 5.69 Å². The average molecular weight is 237 g/mol. The lowest BCUT2D eigenvalue weighted by molar-refractivity contribution is 0.115. The summed E-state index contributed by atoms with van der Waals surface area (Å²) < 4.78 is 0. The second-order valence-corrected chi connectivity index (χ2v) is 4.94. The van der Waals surface area contributed by atoms with Gasteiger partial charge in [-0.2, -0.15) is 0 Å². The summed E-state index contributed by atoms with van der Waals surface area (Å²) in [7, 11) is 0. The van der Waals surface area contributed by atoms with E-state index in [-0.39, 0.29) is 5.41 Å². The van der Waals surface area contributed by atoms with Gasteiger partial charge in [-0.25, -0.2) is 5.90 Å². The molecule has 0 unspecified atom stereocenters. The molecule has 3 N–H and O–H groups in total. The molecule has 3 rings (SSSR count). The molecule has 1 fully saturated rings. The SMILES string of the molecule is NOCC1(c2cc3cc(Cl)ccc3[nH]2)CC1. The van der Waals surface area contributed by atoms with E-state index in [0.29, 0.717) is 6.61 Å². The summed E-state index contributed by atoms with van der Waals surface area (Å²) in [5.74, 6) is 5.18. The van der Waals surface area contributed by atoms with Crippen LogP contribution >= 0.6 is 11.6 Å².